The maximum atomic E-state index is 15.1. The number of nitriles is 1. The van der Waals surface area contributed by atoms with Gasteiger partial charge in [0.2, 0.25) is 5.91 Å². The van der Waals surface area contributed by atoms with E-state index < -0.39 is 34.8 Å². The first-order valence-corrected chi connectivity index (χ1v) is 13.8. The van der Waals surface area contributed by atoms with Crippen LogP contribution in [-0.4, -0.2) is 52.2 Å². The highest BCUT2D eigenvalue weighted by Gasteiger charge is 2.54. The number of hydrogen-bond donors (Lipinski definition) is 2. The normalized spacial score (nSPS) is 19.9. The van der Waals surface area contributed by atoms with Crippen LogP contribution in [-0.2, 0) is 9.53 Å². The number of carbonyl (C=O) groups is 2. The summed E-state index contributed by atoms with van der Waals surface area (Å²) in [5.41, 5.74) is 0.0910. The average molecular weight is 594 g/mol. The van der Waals surface area contributed by atoms with Crippen molar-refractivity contribution in [2.45, 2.75) is 51.7 Å². The van der Waals surface area contributed by atoms with Gasteiger partial charge in [-0.15, -0.1) is 0 Å². The van der Waals surface area contributed by atoms with Gasteiger partial charge in [0.1, 0.15) is 11.5 Å². The van der Waals surface area contributed by atoms with Crippen molar-refractivity contribution in [2.24, 2.45) is 5.41 Å². The van der Waals surface area contributed by atoms with Gasteiger partial charge in [0, 0.05) is 16.7 Å². The highest BCUT2D eigenvalue weighted by atomic mass is 35.5. The molecule has 0 spiro atoms. The number of aryl methyl sites for hydroxylation is 2. The molecular formula is C30H29ClFN5O5. The van der Waals surface area contributed by atoms with Gasteiger partial charge in [-0.05, 0) is 69.0 Å². The molecular weight excluding hydrogens is 565 g/mol. The number of aromatic nitrogens is 2. The molecule has 0 saturated carbocycles. The molecule has 2 saturated heterocycles. The summed E-state index contributed by atoms with van der Waals surface area (Å²) in [6.45, 7) is 5.18. The van der Waals surface area contributed by atoms with Crippen molar-refractivity contribution in [2.75, 3.05) is 13.2 Å². The van der Waals surface area contributed by atoms with Crippen molar-refractivity contribution in [3.05, 3.63) is 86.0 Å². The first-order valence-electron chi connectivity index (χ1n) is 13.4. The molecule has 2 amide bonds. The Hall–Kier alpha value is -4.27. The number of likely N-dealkylation sites (tertiary alicyclic amines) is 1. The number of amides is 2. The van der Waals surface area contributed by atoms with Crippen LogP contribution in [0, 0.1) is 36.4 Å². The molecule has 218 valence electrons. The third kappa shape index (κ3) is 5.47. The van der Waals surface area contributed by atoms with Crippen molar-refractivity contribution in [1.29, 1.82) is 5.26 Å². The summed E-state index contributed by atoms with van der Waals surface area (Å²) in [6.07, 6.45) is 1.21. The first-order chi connectivity index (χ1) is 20.0. The number of rotatable bonds is 7. The Balaban J connectivity index is 1.37. The summed E-state index contributed by atoms with van der Waals surface area (Å²) >= 11 is 6.25. The second-order valence-electron chi connectivity index (χ2n) is 10.8. The van der Waals surface area contributed by atoms with E-state index >= 15 is 4.39 Å². The minimum absolute atomic E-state index is 0.0259. The topological polar surface area (TPSA) is 137 Å². The smallest absolute Gasteiger partial charge is 0.307 e. The van der Waals surface area contributed by atoms with Crippen LogP contribution >= 0.6 is 11.6 Å². The molecule has 2 aliphatic heterocycles. The van der Waals surface area contributed by atoms with Crippen LogP contribution in [0.1, 0.15) is 53.0 Å². The molecule has 2 fully saturated rings. The van der Waals surface area contributed by atoms with E-state index in [2.05, 4.69) is 21.6 Å². The van der Waals surface area contributed by atoms with E-state index in [-0.39, 0.29) is 47.8 Å². The van der Waals surface area contributed by atoms with Gasteiger partial charge in [0.15, 0.2) is 17.3 Å². The number of benzene rings is 2. The van der Waals surface area contributed by atoms with Crippen LogP contribution in [0.25, 0.3) is 0 Å². The first kappa shape index (κ1) is 29.2. The van der Waals surface area contributed by atoms with Crippen molar-refractivity contribution < 1.29 is 23.5 Å². The second kappa shape index (κ2) is 11.5. The Morgan fingerprint density at radius 1 is 1.26 bits per heavy atom. The number of nitrogens with one attached hydrogen (secondary N) is 2. The number of hydrogen-bond acceptors (Lipinski definition) is 7. The fourth-order valence-corrected chi connectivity index (χ4v) is 5.78. The predicted octanol–water partition coefficient (Wildman–Crippen LogP) is 4.36. The van der Waals surface area contributed by atoms with E-state index in [0.717, 1.165) is 11.6 Å². The van der Waals surface area contributed by atoms with Crippen LogP contribution in [0.2, 0.25) is 5.02 Å². The summed E-state index contributed by atoms with van der Waals surface area (Å²) in [7, 11) is 0. The van der Waals surface area contributed by atoms with Gasteiger partial charge in [-0.3, -0.25) is 14.4 Å². The van der Waals surface area contributed by atoms with E-state index in [1.54, 1.807) is 37.8 Å². The second-order valence-corrected chi connectivity index (χ2v) is 11.2. The third-order valence-corrected chi connectivity index (χ3v) is 8.01. The monoisotopic (exact) mass is 593 g/mol. The Bertz CT molecular complexity index is 1630. The lowest BCUT2D eigenvalue weighted by atomic mass is 9.78. The van der Waals surface area contributed by atoms with Crippen molar-refractivity contribution in [1.82, 2.24) is 20.4 Å². The SMILES string of the molecule is Cc1cc(Oc2c(C)cc(C(=O)N[C@H](C)C(=O)N3[C@H](c4cccc(Cl)c4)CC[C@@H]3C3(C#N)COC3)cc2F)c(=O)[nH]n1. The van der Waals surface area contributed by atoms with Gasteiger partial charge in [-0.25, -0.2) is 9.49 Å². The lowest BCUT2D eigenvalue weighted by Crippen LogP contribution is -2.59. The minimum Gasteiger partial charge on any atom is -0.448 e. The van der Waals surface area contributed by atoms with Crippen LogP contribution in [0.15, 0.2) is 47.3 Å². The Morgan fingerprint density at radius 2 is 2.02 bits per heavy atom. The summed E-state index contributed by atoms with van der Waals surface area (Å²) < 4.78 is 26.0. The lowest BCUT2D eigenvalue weighted by molar-refractivity contribution is -0.150. The summed E-state index contributed by atoms with van der Waals surface area (Å²) in [4.78, 5) is 40.9. The van der Waals surface area contributed by atoms with Gasteiger partial charge in [-0.1, -0.05) is 23.7 Å². The number of aromatic amines is 1. The van der Waals surface area contributed by atoms with Crippen molar-refractivity contribution in [3.8, 4) is 17.6 Å². The van der Waals surface area contributed by atoms with Gasteiger partial charge >= 0.3 is 5.56 Å². The van der Waals surface area contributed by atoms with E-state index in [0.29, 0.717) is 23.6 Å². The van der Waals surface area contributed by atoms with Crippen molar-refractivity contribution >= 4 is 23.4 Å². The van der Waals surface area contributed by atoms with E-state index in [4.69, 9.17) is 21.1 Å². The fraction of sp³-hybridized carbons (Fsp3) is 0.367. The van der Waals surface area contributed by atoms with Gasteiger partial charge in [0.05, 0.1) is 37.1 Å². The standard InChI is InChI=1S/C30H29ClFN5O5/c1-16-9-20(12-22(32)26(16)42-24-10-17(2)35-36-28(24)39)27(38)34-18(3)29(40)37-23(19-5-4-6-21(31)11-19)7-8-25(37)30(13-33)14-41-15-30/h4-6,9-12,18,23,25H,7-8,14-15H2,1-3H3,(H,34,38)(H,36,39)/t18-,23+,25-/m1/s1. The molecule has 2 aliphatic rings. The number of carbonyl (C=O) groups excluding carboxylic acids is 2. The zero-order valence-electron chi connectivity index (χ0n) is 23.2. The molecule has 0 unspecified atom stereocenters. The average Bonchev–Trinajstić information content (AvgIpc) is 3.37. The molecule has 42 heavy (non-hydrogen) atoms. The molecule has 0 bridgehead atoms. The summed E-state index contributed by atoms with van der Waals surface area (Å²) in [5.74, 6) is -2.24. The maximum absolute atomic E-state index is 15.1. The third-order valence-electron chi connectivity index (χ3n) is 7.77. The largest absolute Gasteiger partial charge is 0.448 e. The molecule has 3 heterocycles. The molecule has 10 nitrogen and oxygen atoms in total. The van der Waals surface area contributed by atoms with E-state index in [1.165, 1.54) is 12.1 Å². The van der Waals surface area contributed by atoms with E-state index in [1.807, 2.05) is 12.1 Å². The molecule has 0 aliphatic carbocycles. The highest BCUT2D eigenvalue weighted by molar-refractivity contribution is 6.30. The van der Waals surface area contributed by atoms with Crippen LogP contribution < -0.4 is 15.6 Å². The molecule has 1 aromatic heterocycles. The maximum Gasteiger partial charge on any atom is 0.307 e. The van der Waals surface area contributed by atoms with Crippen LogP contribution in [0.5, 0.6) is 11.5 Å². The minimum atomic E-state index is -0.992. The molecule has 2 aromatic carbocycles. The van der Waals surface area contributed by atoms with Crippen molar-refractivity contribution in [3.63, 3.8) is 0 Å². The molecule has 0 radical (unpaired) electrons. The quantitative estimate of drug-likeness (QED) is 0.415. The lowest BCUT2D eigenvalue weighted by Gasteiger charge is -2.45. The predicted molar refractivity (Wildman–Crippen MR) is 151 cm³/mol. The number of ether oxygens (including phenoxy) is 2. The van der Waals surface area contributed by atoms with Crippen LogP contribution in [0.3, 0.4) is 0 Å². The Morgan fingerprint density at radius 3 is 2.67 bits per heavy atom. The zero-order chi connectivity index (χ0) is 30.2. The molecule has 3 aromatic rings. The van der Waals surface area contributed by atoms with Crippen LogP contribution in [0.4, 0.5) is 4.39 Å². The van der Waals surface area contributed by atoms with Gasteiger partial charge in [-0.2, -0.15) is 10.4 Å². The number of H-pyrrole nitrogens is 1. The molecule has 2 N–H and O–H groups in total. The van der Waals surface area contributed by atoms with E-state index in [9.17, 15) is 19.6 Å². The highest BCUT2D eigenvalue weighted by Crippen LogP contribution is 2.47. The Kier molecular flexibility index (Phi) is 8.03. The fourth-order valence-electron chi connectivity index (χ4n) is 5.58. The molecule has 5 rings (SSSR count). The summed E-state index contributed by atoms with van der Waals surface area (Å²) in [5, 5.41) is 19.2. The number of halogens is 2. The van der Waals surface area contributed by atoms with Gasteiger partial charge in [0.25, 0.3) is 5.91 Å². The summed E-state index contributed by atoms with van der Waals surface area (Å²) in [6, 6.07) is 11.6. The zero-order valence-corrected chi connectivity index (χ0v) is 24.0. The molecule has 12 heteroatoms. The van der Waals surface area contributed by atoms with Gasteiger partial charge < -0.3 is 19.7 Å². The molecule has 3 atom stereocenters. The number of nitrogens with zero attached hydrogens (tertiary/aromatic N) is 3. The Labute approximate surface area is 246 Å².